The fraction of sp³-hybridized carbons (Fsp3) is 0.167. The Bertz CT molecular complexity index is 1180. The van der Waals surface area contributed by atoms with E-state index in [2.05, 4.69) is 9.88 Å². The number of H-pyrrole nitrogens is 1. The number of hydrogen-bond donors (Lipinski definition) is 1. The van der Waals surface area contributed by atoms with Crippen LogP contribution in [-0.4, -0.2) is 16.5 Å². The van der Waals surface area contributed by atoms with Crippen LogP contribution in [0, 0.1) is 0 Å². The molecule has 5 rings (SSSR count). The summed E-state index contributed by atoms with van der Waals surface area (Å²) in [5.41, 5.74) is 4.36. The van der Waals surface area contributed by atoms with Crippen molar-refractivity contribution in [2.45, 2.75) is 13.0 Å². The molecule has 0 saturated heterocycles. The van der Waals surface area contributed by atoms with E-state index >= 15 is 0 Å². The van der Waals surface area contributed by atoms with Gasteiger partial charge in [-0.05, 0) is 36.2 Å². The number of hydrogen-bond acceptors (Lipinski definition) is 3. The van der Waals surface area contributed by atoms with Crippen LogP contribution in [0.2, 0.25) is 20.1 Å². The van der Waals surface area contributed by atoms with E-state index in [0.717, 1.165) is 39.9 Å². The third-order valence-corrected chi connectivity index (χ3v) is 7.27. The molecule has 3 heterocycles. The zero-order chi connectivity index (χ0) is 18.0. The first-order valence-corrected chi connectivity index (χ1v) is 10.3. The van der Waals surface area contributed by atoms with Crippen LogP contribution in [0.25, 0.3) is 21.1 Å². The molecule has 2 aromatic carbocycles. The van der Waals surface area contributed by atoms with E-state index in [4.69, 9.17) is 51.4 Å². The van der Waals surface area contributed by atoms with Gasteiger partial charge in [-0.15, -0.1) is 0 Å². The molecule has 0 bridgehead atoms. The highest BCUT2D eigenvalue weighted by Crippen LogP contribution is 2.41. The predicted molar refractivity (Wildman–Crippen MR) is 113 cm³/mol. The molecule has 1 aliphatic heterocycles. The lowest BCUT2D eigenvalue weighted by Crippen LogP contribution is -2.29. The molecule has 26 heavy (non-hydrogen) atoms. The third kappa shape index (κ3) is 2.59. The van der Waals surface area contributed by atoms with Gasteiger partial charge in [0.25, 0.3) is 0 Å². The Morgan fingerprint density at radius 3 is 2.77 bits per heavy atom. The predicted octanol–water partition coefficient (Wildman–Crippen LogP) is 6.95. The van der Waals surface area contributed by atoms with Crippen LogP contribution in [0.1, 0.15) is 11.3 Å². The lowest BCUT2D eigenvalue weighted by molar-refractivity contribution is 0.722. The zero-order valence-corrected chi connectivity index (χ0v) is 17.1. The minimum absolute atomic E-state index is 0.353. The molecule has 3 nitrogen and oxygen atoms in total. The van der Waals surface area contributed by atoms with Crippen molar-refractivity contribution < 1.29 is 0 Å². The van der Waals surface area contributed by atoms with Crippen molar-refractivity contribution in [2.24, 2.45) is 0 Å². The van der Waals surface area contributed by atoms with E-state index < -0.39 is 0 Å². The van der Waals surface area contributed by atoms with Crippen molar-refractivity contribution in [3.63, 3.8) is 0 Å². The summed E-state index contributed by atoms with van der Waals surface area (Å²) < 4.78 is 0.939. The van der Waals surface area contributed by atoms with Gasteiger partial charge in [0.15, 0.2) is 5.13 Å². The van der Waals surface area contributed by atoms with Crippen LogP contribution in [0.4, 0.5) is 5.13 Å². The Morgan fingerprint density at radius 2 is 1.92 bits per heavy atom. The molecule has 0 amide bonds. The van der Waals surface area contributed by atoms with E-state index in [1.54, 1.807) is 11.3 Å². The number of nitrogens with one attached hydrogen (secondary N) is 1. The minimum Gasteiger partial charge on any atom is -0.357 e. The van der Waals surface area contributed by atoms with E-state index in [-0.39, 0.29) is 0 Å². The molecule has 1 N–H and O–H groups in total. The standard InChI is InChI=1S/C18H11Cl4N3S/c19-8-1-2-12-10(5-8)9-3-4-25(7-13(9)23-12)18-24-17-14(26-18)6-11(20)15(21)16(17)22/h1-2,5-6,23H,3-4,7H2. The maximum Gasteiger partial charge on any atom is 0.186 e. The van der Waals surface area contributed by atoms with Gasteiger partial charge >= 0.3 is 0 Å². The quantitative estimate of drug-likeness (QED) is 0.323. The molecule has 132 valence electrons. The number of nitrogens with zero attached hydrogens (tertiary/aromatic N) is 2. The van der Waals surface area contributed by atoms with Gasteiger partial charge in [0.2, 0.25) is 0 Å². The number of aromatic nitrogens is 2. The first-order valence-electron chi connectivity index (χ1n) is 7.99. The fourth-order valence-electron chi connectivity index (χ4n) is 3.47. The zero-order valence-electron chi connectivity index (χ0n) is 13.2. The second kappa shape index (κ2) is 6.18. The van der Waals surface area contributed by atoms with Crippen LogP contribution in [0.3, 0.4) is 0 Å². The Labute approximate surface area is 173 Å². The maximum absolute atomic E-state index is 6.32. The van der Waals surface area contributed by atoms with Gasteiger partial charge in [0.05, 0.1) is 26.3 Å². The monoisotopic (exact) mass is 441 g/mol. The van der Waals surface area contributed by atoms with Crippen molar-refractivity contribution in [1.29, 1.82) is 0 Å². The number of fused-ring (bicyclic) bond motifs is 4. The summed E-state index contributed by atoms with van der Waals surface area (Å²) in [7, 11) is 0. The first kappa shape index (κ1) is 17.0. The average Bonchev–Trinajstić information content (AvgIpc) is 3.20. The third-order valence-electron chi connectivity index (χ3n) is 4.72. The maximum atomic E-state index is 6.32. The van der Waals surface area contributed by atoms with Crippen LogP contribution >= 0.6 is 57.7 Å². The van der Waals surface area contributed by atoms with Crippen molar-refractivity contribution in [2.75, 3.05) is 11.4 Å². The largest absolute Gasteiger partial charge is 0.357 e. The summed E-state index contributed by atoms with van der Waals surface area (Å²) in [6, 6.07) is 7.80. The van der Waals surface area contributed by atoms with Crippen molar-refractivity contribution in [3.8, 4) is 0 Å². The van der Waals surface area contributed by atoms with E-state index in [1.165, 1.54) is 16.6 Å². The summed E-state index contributed by atoms with van der Waals surface area (Å²) in [5.74, 6) is 0. The molecule has 1 aliphatic rings. The van der Waals surface area contributed by atoms with Crippen LogP contribution in [0.15, 0.2) is 24.3 Å². The Balaban J connectivity index is 1.56. The Hall–Kier alpha value is -1.17. The Morgan fingerprint density at radius 1 is 1.08 bits per heavy atom. The molecule has 0 radical (unpaired) electrons. The van der Waals surface area contributed by atoms with Crippen LogP contribution < -0.4 is 4.90 Å². The number of rotatable bonds is 1. The summed E-state index contributed by atoms with van der Waals surface area (Å²) >= 11 is 26.4. The van der Waals surface area contributed by atoms with Gasteiger partial charge in [-0.1, -0.05) is 57.7 Å². The number of halogens is 4. The molecule has 2 aromatic heterocycles. The molecule has 0 atom stereocenters. The molecule has 0 spiro atoms. The lowest BCUT2D eigenvalue weighted by Gasteiger charge is -2.26. The fourth-order valence-corrected chi connectivity index (χ4v) is 5.45. The summed E-state index contributed by atoms with van der Waals surface area (Å²) in [6.07, 6.45) is 0.931. The van der Waals surface area contributed by atoms with E-state index in [0.29, 0.717) is 20.6 Å². The second-order valence-corrected chi connectivity index (χ2v) is 8.88. The van der Waals surface area contributed by atoms with Gasteiger partial charge in [0, 0.05) is 28.2 Å². The highest BCUT2D eigenvalue weighted by Gasteiger charge is 2.24. The number of thiazole rings is 1. The highest BCUT2D eigenvalue weighted by atomic mass is 35.5. The van der Waals surface area contributed by atoms with E-state index in [1.807, 2.05) is 24.3 Å². The van der Waals surface area contributed by atoms with Crippen molar-refractivity contribution in [3.05, 3.63) is 55.6 Å². The molecule has 0 saturated carbocycles. The Kier molecular flexibility index (Phi) is 4.03. The van der Waals surface area contributed by atoms with Gasteiger partial charge in [0.1, 0.15) is 5.52 Å². The van der Waals surface area contributed by atoms with Gasteiger partial charge in [-0.2, -0.15) is 0 Å². The van der Waals surface area contributed by atoms with Gasteiger partial charge < -0.3 is 9.88 Å². The summed E-state index contributed by atoms with van der Waals surface area (Å²) in [5, 5.41) is 4.10. The van der Waals surface area contributed by atoms with Gasteiger partial charge in [-0.3, -0.25) is 0 Å². The van der Waals surface area contributed by atoms with Gasteiger partial charge in [-0.25, -0.2) is 4.98 Å². The van der Waals surface area contributed by atoms with Crippen molar-refractivity contribution in [1.82, 2.24) is 9.97 Å². The lowest BCUT2D eigenvalue weighted by atomic mass is 10.0. The van der Waals surface area contributed by atoms with E-state index in [9.17, 15) is 0 Å². The molecule has 0 unspecified atom stereocenters. The molecular weight excluding hydrogens is 432 g/mol. The second-order valence-electron chi connectivity index (χ2n) is 6.27. The normalized spacial score (nSPS) is 14.4. The van der Waals surface area contributed by atoms with Crippen LogP contribution in [0.5, 0.6) is 0 Å². The highest BCUT2D eigenvalue weighted by molar-refractivity contribution is 7.22. The molecule has 8 heteroatoms. The molecule has 4 aromatic rings. The molecular formula is C18H11Cl4N3S. The number of benzene rings is 2. The van der Waals surface area contributed by atoms with Crippen molar-refractivity contribution >= 4 is 84.0 Å². The first-order chi connectivity index (χ1) is 12.5. The average molecular weight is 443 g/mol. The topological polar surface area (TPSA) is 31.9 Å². The smallest absolute Gasteiger partial charge is 0.186 e. The number of anilines is 1. The minimum atomic E-state index is 0.353. The number of aromatic amines is 1. The van der Waals surface area contributed by atoms with Crippen LogP contribution in [-0.2, 0) is 13.0 Å². The summed E-state index contributed by atoms with van der Waals surface area (Å²) in [6.45, 7) is 1.64. The summed E-state index contributed by atoms with van der Waals surface area (Å²) in [4.78, 5) is 10.5. The molecule has 0 fully saturated rings. The molecule has 0 aliphatic carbocycles. The SMILES string of the molecule is Clc1ccc2[nH]c3c(c2c1)CCN(c1nc2c(Cl)c(Cl)c(Cl)cc2s1)C3.